The van der Waals surface area contributed by atoms with Crippen LogP contribution in [0, 0.1) is 5.92 Å². The Morgan fingerprint density at radius 2 is 1.88 bits per heavy atom. The van der Waals surface area contributed by atoms with Gasteiger partial charge in [-0.3, -0.25) is 0 Å². The van der Waals surface area contributed by atoms with Crippen LogP contribution in [-0.4, -0.2) is 6.29 Å². The van der Waals surface area contributed by atoms with Gasteiger partial charge in [0.15, 0.2) is 0 Å². The van der Waals surface area contributed by atoms with Gasteiger partial charge in [0.1, 0.15) is 6.29 Å². The number of alkyl halides is 3. The van der Waals surface area contributed by atoms with Crippen molar-refractivity contribution in [2.45, 2.75) is 24.9 Å². The van der Waals surface area contributed by atoms with E-state index in [0.29, 0.717) is 0 Å². The third-order valence-electron chi connectivity index (χ3n) is 3.34. The Morgan fingerprint density at radius 1 is 1.31 bits per heavy atom. The van der Waals surface area contributed by atoms with Crippen LogP contribution < -0.4 is 0 Å². The van der Waals surface area contributed by atoms with Gasteiger partial charge < -0.3 is 4.79 Å². The number of hydrogen-bond donors (Lipinski definition) is 0. The summed E-state index contributed by atoms with van der Waals surface area (Å²) in [6.45, 7) is 1.90. The van der Waals surface area contributed by atoms with Gasteiger partial charge in [0.25, 0.3) is 0 Å². The Hall–Kier alpha value is -1.32. The third-order valence-corrected chi connectivity index (χ3v) is 3.34. The quantitative estimate of drug-likeness (QED) is 0.710. The van der Waals surface area contributed by atoms with Crippen molar-refractivity contribution in [3.8, 4) is 0 Å². The zero-order valence-corrected chi connectivity index (χ0v) is 8.71. The maximum Gasteiger partial charge on any atom is 0.416 e. The number of aldehydes is 1. The molecule has 0 heterocycles. The number of carbonyl (C=O) groups excluding carboxylic acids is 1. The van der Waals surface area contributed by atoms with Crippen LogP contribution in [0.25, 0.3) is 0 Å². The van der Waals surface area contributed by atoms with E-state index in [0.717, 1.165) is 30.4 Å². The third kappa shape index (κ3) is 1.72. The minimum absolute atomic E-state index is 0.0516. The van der Waals surface area contributed by atoms with Crippen LogP contribution in [0.1, 0.15) is 24.5 Å². The SMILES string of the molecule is CC1(c2ccc(C(F)(F)F)cc2)CC1C=O. The maximum atomic E-state index is 12.3. The van der Waals surface area contributed by atoms with E-state index in [9.17, 15) is 18.0 Å². The van der Waals surface area contributed by atoms with Gasteiger partial charge in [-0.05, 0) is 24.1 Å². The summed E-state index contributed by atoms with van der Waals surface area (Å²) in [4.78, 5) is 10.6. The fraction of sp³-hybridized carbons (Fsp3) is 0.417. The Kier molecular flexibility index (Phi) is 2.33. The van der Waals surface area contributed by atoms with E-state index in [4.69, 9.17) is 0 Å². The van der Waals surface area contributed by atoms with Gasteiger partial charge in [-0.25, -0.2) is 0 Å². The van der Waals surface area contributed by atoms with Gasteiger partial charge in [0.2, 0.25) is 0 Å². The molecule has 1 nitrogen and oxygen atoms in total. The molecule has 0 spiro atoms. The molecule has 1 aromatic carbocycles. The Morgan fingerprint density at radius 3 is 2.25 bits per heavy atom. The van der Waals surface area contributed by atoms with Crippen molar-refractivity contribution in [1.29, 1.82) is 0 Å². The van der Waals surface area contributed by atoms with Crippen molar-refractivity contribution in [3.05, 3.63) is 35.4 Å². The highest BCUT2D eigenvalue weighted by atomic mass is 19.4. The first kappa shape index (κ1) is 11.2. The molecule has 1 aromatic rings. The van der Waals surface area contributed by atoms with E-state index >= 15 is 0 Å². The molecule has 1 saturated carbocycles. The lowest BCUT2D eigenvalue weighted by Gasteiger charge is -2.12. The predicted molar refractivity (Wildman–Crippen MR) is 53.0 cm³/mol. The summed E-state index contributed by atoms with van der Waals surface area (Å²) < 4.78 is 37.0. The standard InChI is InChI=1S/C12H11F3O/c1-11(6-10(11)7-16)8-2-4-9(5-3-8)12(13,14)15/h2-5,7,10H,6H2,1H3. The van der Waals surface area contributed by atoms with Gasteiger partial charge in [0.05, 0.1) is 5.56 Å². The number of hydrogen-bond acceptors (Lipinski definition) is 1. The number of halogens is 3. The molecule has 86 valence electrons. The van der Waals surface area contributed by atoms with Crippen LogP contribution in [0.2, 0.25) is 0 Å². The van der Waals surface area contributed by atoms with E-state index in [1.807, 2.05) is 6.92 Å². The monoisotopic (exact) mass is 228 g/mol. The maximum absolute atomic E-state index is 12.3. The van der Waals surface area contributed by atoms with Crippen LogP contribution in [-0.2, 0) is 16.4 Å². The summed E-state index contributed by atoms with van der Waals surface area (Å²) in [5, 5.41) is 0. The van der Waals surface area contributed by atoms with Crippen LogP contribution in [0.3, 0.4) is 0 Å². The highest BCUT2D eigenvalue weighted by molar-refractivity contribution is 5.64. The zero-order chi connectivity index (χ0) is 12.0. The minimum Gasteiger partial charge on any atom is -0.303 e. The molecule has 0 bridgehead atoms. The lowest BCUT2D eigenvalue weighted by Crippen LogP contribution is -2.08. The molecule has 2 unspecified atom stereocenters. The fourth-order valence-electron chi connectivity index (χ4n) is 1.97. The molecule has 0 aromatic heterocycles. The molecule has 0 N–H and O–H groups in total. The van der Waals surface area contributed by atoms with Crippen LogP contribution in [0.15, 0.2) is 24.3 Å². The molecule has 0 aliphatic heterocycles. The second kappa shape index (κ2) is 3.34. The molecule has 0 amide bonds. The molecular weight excluding hydrogens is 217 g/mol. The first-order chi connectivity index (χ1) is 7.38. The molecule has 1 aliphatic carbocycles. The molecule has 1 fully saturated rings. The van der Waals surface area contributed by atoms with Crippen molar-refractivity contribution < 1.29 is 18.0 Å². The summed E-state index contributed by atoms with van der Waals surface area (Å²) in [6.07, 6.45) is -2.70. The second-order valence-corrected chi connectivity index (χ2v) is 4.44. The first-order valence-corrected chi connectivity index (χ1v) is 5.01. The summed E-state index contributed by atoms with van der Waals surface area (Å²) in [5.74, 6) is -0.0516. The molecule has 16 heavy (non-hydrogen) atoms. The smallest absolute Gasteiger partial charge is 0.303 e. The molecule has 2 atom stereocenters. The highest BCUT2D eigenvalue weighted by Gasteiger charge is 2.51. The molecular formula is C12H11F3O. The molecule has 0 saturated heterocycles. The summed E-state index contributed by atoms with van der Waals surface area (Å²) in [5.41, 5.74) is -0.105. The van der Waals surface area contributed by atoms with Crippen molar-refractivity contribution in [2.75, 3.05) is 0 Å². The lowest BCUT2D eigenvalue weighted by molar-refractivity contribution is -0.137. The molecule has 2 rings (SSSR count). The van der Waals surface area contributed by atoms with Crippen molar-refractivity contribution in [2.24, 2.45) is 5.92 Å². The average molecular weight is 228 g/mol. The molecule has 1 aliphatic rings. The number of carbonyl (C=O) groups is 1. The fourth-order valence-corrected chi connectivity index (χ4v) is 1.97. The zero-order valence-electron chi connectivity index (χ0n) is 8.71. The first-order valence-electron chi connectivity index (χ1n) is 5.01. The van der Waals surface area contributed by atoms with Gasteiger partial charge in [-0.15, -0.1) is 0 Å². The van der Waals surface area contributed by atoms with Crippen LogP contribution >= 0.6 is 0 Å². The van der Waals surface area contributed by atoms with Crippen molar-refractivity contribution in [3.63, 3.8) is 0 Å². The summed E-state index contributed by atoms with van der Waals surface area (Å²) in [7, 11) is 0. The summed E-state index contributed by atoms with van der Waals surface area (Å²) in [6, 6.07) is 5.07. The van der Waals surface area contributed by atoms with Gasteiger partial charge >= 0.3 is 6.18 Å². The van der Waals surface area contributed by atoms with Crippen LogP contribution in [0.4, 0.5) is 13.2 Å². The molecule has 0 radical (unpaired) electrons. The Bertz CT molecular complexity index is 407. The Labute approximate surface area is 91.3 Å². The van der Waals surface area contributed by atoms with Gasteiger partial charge in [0, 0.05) is 11.3 Å². The number of rotatable bonds is 2. The van der Waals surface area contributed by atoms with Crippen molar-refractivity contribution in [1.82, 2.24) is 0 Å². The van der Waals surface area contributed by atoms with E-state index in [1.165, 1.54) is 12.1 Å². The van der Waals surface area contributed by atoms with E-state index < -0.39 is 11.7 Å². The molecule has 4 heteroatoms. The Balaban J connectivity index is 2.24. The van der Waals surface area contributed by atoms with Gasteiger partial charge in [-0.2, -0.15) is 13.2 Å². The minimum atomic E-state index is -4.30. The highest BCUT2D eigenvalue weighted by Crippen LogP contribution is 2.52. The lowest BCUT2D eigenvalue weighted by atomic mass is 9.95. The van der Waals surface area contributed by atoms with E-state index in [1.54, 1.807) is 0 Å². The summed E-state index contributed by atoms with van der Waals surface area (Å²) >= 11 is 0. The van der Waals surface area contributed by atoms with E-state index in [2.05, 4.69) is 0 Å². The van der Waals surface area contributed by atoms with Crippen molar-refractivity contribution >= 4 is 6.29 Å². The average Bonchev–Trinajstić information content (AvgIpc) is 2.90. The van der Waals surface area contributed by atoms with Gasteiger partial charge in [-0.1, -0.05) is 19.1 Å². The largest absolute Gasteiger partial charge is 0.416 e. The van der Waals surface area contributed by atoms with Crippen LogP contribution in [0.5, 0.6) is 0 Å². The topological polar surface area (TPSA) is 17.1 Å². The second-order valence-electron chi connectivity index (χ2n) is 4.44. The normalized spacial score (nSPS) is 28.9. The van der Waals surface area contributed by atoms with E-state index in [-0.39, 0.29) is 11.3 Å². The predicted octanol–water partition coefficient (Wildman–Crippen LogP) is 3.18. The number of benzene rings is 1.